The molecule has 0 unspecified atom stereocenters. The molecule has 0 saturated carbocycles. The molecule has 3 rings (SSSR count). The summed E-state index contributed by atoms with van der Waals surface area (Å²) in [4.78, 5) is 12.4. The molecule has 6 nitrogen and oxygen atoms in total. The minimum absolute atomic E-state index is 0.0244. The van der Waals surface area contributed by atoms with E-state index in [1.807, 2.05) is 6.92 Å². The Balaban J connectivity index is 1.69. The van der Waals surface area contributed by atoms with Crippen molar-refractivity contribution in [2.75, 3.05) is 10.1 Å². The van der Waals surface area contributed by atoms with Gasteiger partial charge in [0.05, 0.1) is 20.6 Å². The Morgan fingerprint density at radius 1 is 0.867 bits per heavy atom. The fourth-order valence-electron chi connectivity index (χ4n) is 2.47. The van der Waals surface area contributed by atoms with Crippen LogP contribution in [-0.4, -0.2) is 14.3 Å². The second-order valence-corrected chi connectivity index (χ2v) is 9.25. The second-order valence-electron chi connectivity index (χ2n) is 6.32. The molecule has 0 aromatic heterocycles. The van der Waals surface area contributed by atoms with Gasteiger partial charge in [-0.25, -0.2) is 8.42 Å². The van der Waals surface area contributed by atoms with Crippen LogP contribution in [0.15, 0.2) is 65.6 Å². The van der Waals surface area contributed by atoms with E-state index in [0.29, 0.717) is 10.7 Å². The van der Waals surface area contributed by atoms with Crippen molar-refractivity contribution in [1.29, 1.82) is 0 Å². The van der Waals surface area contributed by atoms with Gasteiger partial charge in [-0.15, -0.1) is 0 Å². The largest absolute Gasteiger partial charge is 0.295 e. The van der Waals surface area contributed by atoms with E-state index in [4.69, 9.17) is 34.8 Å². The number of carbonyl (C=O) groups excluding carboxylic acids is 1. The average molecular weight is 485 g/mol. The highest BCUT2D eigenvalue weighted by Gasteiger charge is 2.16. The molecule has 10 heteroatoms. The van der Waals surface area contributed by atoms with Crippen LogP contribution in [0.5, 0.6) is 0 Å². The molecule has 0 atom stereocenters. The van der Waals surface area contributed by atoms with Crippen molar-refractivity contribution in [1.82, 2.24) is 5.43 Å². The number of halogens is 3. The van der Waals surface area contributed by atoms with Crippen molar-refractivity contribution in [3.05, 3.63) is 86.9 Å². The monoisotopic (exact) mass is 483 g/mol. The fraction of sp³-hybridized carbons (Fsp3) is 0.0500. The van der Waals surface area contributed by atoms with Gasteiger partial charge in [-0.1, -0.05) is 52.5 Å². The first kappa shape index (κ1) is 22.2. The number of hydrogen-bond acceptors (Lipinski definition) is 4. The standard InChI is InChI=1S/C20H16Cl3N3O3S/c1-12-2-6-15(7-3-12)26-30(28,29)16-8-4-13(5-9-16)20(27)25-24-19-17(22)10-14(21)11-18(19)23/h2-11,24,26H,1H3,(H,25,27). The quantitative estimate of drug-likeness (QED) is 0.402. The van der Waals surface area contributed by atoms with Crippen LogP contribution in [0.4, 0.5) is 11.4 Å². The lowest BCUT2D eigenvalue weighted by Gasteiger charge is -2.12. The molecule has 1 amide bonds. The summed E-state index contributed by atoms with van der Waals surface area (Å²) in [5.41, 5.74) is 7.08. The van der Waals surface area contributed by atoms with Crippen molar-refractivity contribution in [2.45, 2.75) is 11.8 Å². The first-order valence-electron chi connectivity index (χ1n) is 8.56. The third-order valence-electron chi connectivity index (χ3n) is 4.04. The van der Waals surface area contributed by atoms with Gasteiger partial charge in [0, 0.05) is 16.3 Å². The van der Waals surface area contributed by atoms with Crippen molar-refractivity contribution in [3.63, 3.8) is 0 Å². The van der Waals surface area contributed by atoms with Gasteiger partial charge in [-0.05, 0) is 55.5 Å². The lowest BCUT2D eigenvalue weighted by atomic mass is 10.2. The molecule has 0 aliphatic rings. The highest BCUT2D eigenvalue weighted by Crippen LogP contribution is 2.33. The summed E-state index contributed by atoms with van der Waals surface area (Å²) in [6, 6.07) is 15.4. The minimum atomic E-state index is -3.78. The topological polar surface area (TPSA) is 87.3 Å². The summed E-state index contributed by atoms with van der Waals surface area (Å²) in [5.74, 6) is -0.507. The van der Waals surface area contributed by atoms with Crippen molar-refractivity contribution >= 4 is 62.1 Å². The number of hydrazine groups is 1. The smallest absolute Gasteiger partial charge is 0.269 e. The molecular weight excluding hydrogens is 469 g/mol. The molecule has 0 fully saturated rings. The number of aryl methyl sites for hydroxylation is 1. The Morgan fingerprint density at radius 3 is 2.00 bits per heavy atom. The fourth-order valence-corrected chi connectivity index (χ4v) is 4.44. The Hall–Kier alpha value is -2.45. The van der Waals surface area contributed by atoms with E-state index < -0.39 is 15.9 Å². The number of hydrogen-bond donors (Lipinski definition) is 3. The first-order valence-corrected chi connectivity index (χ1v) is 11.2. The van der Waals surface area contributed by atoms with Crippen molar-refractivity contribution in [2.24, 2.45) is 0 Å². The van der Waals surface area contributed by atoms with Gasteiger partial charge in [-0.3, -0.25) is 20.4 Å². The van der Waals surface area contributed by atoms with E-state index in [1.54, 1.807) is 24.3 Å². The predicted molar refractivity (Wildman–Crippen MR) is 121 cm³/mol. The number of nitrogens with one attached hydrogen (secondary N) is 3. The number of rotatable bonds is 6. The minimum Gasteiger partial charge on any atom is -0.295 e. The van der Waals surface area contributed by atoms with Gasteiger partial charge in [0.1, 0.15) is 0 Å². The molecule has 0 radical (unpaired) electrons. The van der Waals surface area contributed by atoms with E-state index in [-0.39, 0.29) is 26.2 Å². The van der Waals surface area contributed by atoms with E-state index in [0.717, 1.165) is 5.56 Å². The maximum atomic E-state index is 12.5. The third-order valence-corrected chi connectivity index (χ3v) is 6.25. The van der Waals surface area contributed by atoms with E-state index in [2.05, 4.69) is 15.6 Å². The Bertz CT molecular complexity index is 1160. The van der Waals surface area contributed by atoms with E-state index in [1.165, 1.54) is 36.4 Å². The van der Waals surface area contributed by atoms with Gasteiger partial charge < -0.3 is 0 Å². The molecule has 3 aromatic carbocycles. The second kappa shape index (κ2) is 9.14. The summed E-state index contributed by atoms with van der Waals surface area (Å²) in [5, 5.41) is 0.825. The molecule has 3 N–H and O–H groups in total. The van der Waals surface area contributed by atoms with Crippen LogP contribution in [0.1, 0.15) is 15.9 Å². The predicted octanol–water partition coefficient (Wildman–Crippen LogP) is 5.51. The Kier molecular flexibility index (Phi) is 6.77. The summed E-state index contributed by atoms with van der Waals surface area (Å²) < 4.78 is 27.5. The van der Waals surface area contributed by atoms with Crippen LogP contribution in [0.2, 0.25) is 15.1 Å². The number of benzene rings is 3. The molecular formula is C20H16Cl3N3O3S. The van der Waals surface area contributed by atoms with Crippen molar-refractivity contribution < 1.29 is 13.2 Å². The summed E-state index contributed by atoms with van der Waals surface area (Å²) in [6.45, 7) is 1.91. The Morgan fingerprint density at radius 2 is 1.43 bits per heavy atom. The molecule has 0 heterocycles. The maximum Gasteiger partial charge on any atom is 0.269 e. The number of carbonyl (C=O) groups is 1. The highest BCUT2D eigenvalue weighted by molar-refractivity contribution is 7.92. The van der Waals surface area contributed by atoms with Gasteiger partial charge >= 0.3 is 0 Å². The normalized spacial score (nSPS) is 11.1. The first-order chi connectivity index (χ1) is 14.2. The van der Waals surface area contributed by atoms with Crippen LogP contribution >= 0.6 is 34.8 Å². The van der Waals surface area contributed by atoms with Crippen LogP contribution in [0.25, 0.3) is 0 Å². The molecule has 0 spiro atoms. The summed E-state index contributed by atoms with van der Waals surface area (Å²) in [6.07, 6.45) is 0. The summed E-state index contributed by atoms with van der Waals surface area (Å²) >= 11 is 18.0. The van der Waals surface area contributed by atoms with Gasteiger partial charge in [-0.2, -0.15) is 0 Å². The van der Waals surface area contributed by atoms with Gasteiger partial charge in [0.2, 0.25) is 0 Å². The average Bonchev–Trinajstić information content (AvgIpc) is 2.68. The molecule has 3 aromatic rings. The van der Waals surface area contributed by atoms with Crippen LogP contribution < -0.4 is 15.6 Å². The van der Waals surface area contributed by atoms with Crippen LogP contribution in [0.3, 0.4) is 0 Å². The SMILES string of the molecule is Cc1ccc(NS(=O)(=O)c2ccc(C(=O)NNc3c(Cl)cc(Cl)cc3Cl)cc2)cc1. The molecule has 0 aliphatic heterocycles. The lowest BCUT2D eigenvalue weighted by Crippen LogP contribution is -2.29. The van der Waals surface area contributed by atoms with Crippen LogP contribution in [-0.2, 0) is 10.0 Å². The summed E-state index contributed by atoms with van der Waals surface area (Å²) in [7, 11) is -3.78. The number of anilines is 2. The zero-order chi connectivity index (χ0) is 21.9. The molecule has 0 saturated heterocycles. The van der Waals surface area contributed by atoms with E-state index >= 15 is 0 Å². The van der Waals surface area contributed by atoms with Crippen molar-refractivity contribution in [3.8, 4) is 0 Å². The molecule has 0 bridgehead atoms. The van der Waals surface area contributed by atoms with Crippen LogP contribution in [0, 0.1) is 6.92 Å². The highest BCUT2D eigenvalue weighted by atomic mass is 35.5. The molecule has 30 heavy (non-hydrogen) atoms. The van der Waals surface area contributed by atoms with Gasteiger partial charge in [0.25, 0.3) is 15.9 Å². The number of sulfonamides is 1. The van der Waals surface area contributed by atoms with E-state index in [9.17, 15) is 13.2 Å². The third kappa shape index (κ3) is 5.37. The Labute approximate surface area is 189 Å². The number of amides is 1. The zero-order valence-corrected chi connectivity index (χ0v) is 18.6. The zero-order valence-electron chi connectivity index (χ0n) is 15.5. The van der Waals surface area contributed by atoms with Gasteiger partial charge in [0.15, 0.2) is 0 Å². The maximum absolute atomic E-state index is 12.5. The molecule has 156 valence electrons. The molecule has 0 aliphatic carbocycles. The lowest BCUT2D eigenvalue weighted by molar-refractivity contribution is 0.0962.